The highest BCUT2D eigenvalue weighted by Gasteiger charge is 2.10. The maximum atomic E-state index is 4.65. The monoisotopic (exact) mass is 269 g/mol. The molecule has 20 heavy (non-hydrogen) atoms. The van der Waals surface area contributed by atoms with E-state index in [1.165, 1.54) is 16.7 Å². The Hall–Kier alpha value is -1.87. The highest BCUT2D eigenvalue weighted by molar-refractivity contribution is 5.47. The SMILES string of the molecule is CCN(Cc1ccccc1)c1ncc(CNC)cc1C. The predicted molar refractivity (Wildman–Crippen MR) is 84.9 cm³/mol. The molecule has 3 heteroatoms. The maximum absolute atomic E-state index is 4.65. The van der Waals surface area contributed by atoms with E-state index in [0.717, 1.165) is 25.5 Å². The molecule has 1 heterocycles. The van der Waals surface area contributed by atoms with Gasteiger partial charge in [0, 0.05) is 25.8 Å². The van der Waals surface area contributed by atoms with Crippen molar-refractivity contribution in [1.82, 2.24) is 10.3 Å². The fourth-order valence-electron chi connectivity index (χ4n) is 2.40. The van der Waals surface area contributed by atoms with Crippen molar-refractivity contribution in [3.05, 3.63) is 59.3 Å². The van der Waals surface area contributed by atoms with Gasteiger partial charge in [-0.05, 0) is 43.7 Å². The van der Waals surface area contributed by atoms with Crippen LogP contribution in [0.15, 0.2) is 42.6 Å². The number of benzene rings is 1. The topological polar surface area (TPSA) is 28.2 Å². The second-order valence-corrected chi connectivity index (χ2v) is 5.01. The molecule has 0 aliphatic carbocycles. The summed E-state index contributed by atoms with van der Waals surface area (Å²) in [4.78, 5) is 6.96. The smallest absolute Gasteiger partial charge is 0.131 e. The lowest BCUT2D eigenvalue weighted by molar-refractivity contribution is 0.791. The molecule has 0 saturated carbocycles. The summed E-state index contributed by atoms with van der Waals surface area (Å²) in [5, 5.41) is 3.16. The van der Waals surface area contributed by atoms with E-state index in [2.05, 4.69) is 65.4 Å². The van der Waals surface area contributed by atoms with Crippen LogP contribution in [0.2, 0.25) is 0 Å². The summed E-state index contributed by atoms with van der Waals surface area (Å²) in [7, 11) is 1.96. The summed E-state index contributed by atoms with van der Waals surface area (Å²) < 4.78 is 0. The number of hydrogen-bond donors (Lipinski definition) is 1. The quantitative estimate of drug-likeness (QED) is 0.873. The zero-order chi connectivity index (χ0) is 14.4. The Morgan fingerprint density at radius 2 is 1.90 bits per heavy atom. The van der Waals surface area contributed by atoms with E-state index >= 15 is 0 Å². The maximum Gasteiger partial charge on any atom is 0.131 e. The number of pyridine rings is 1. The molecule has 0 aliphatic heterocycles. The largest absolute Gasteiger partial charge is 0.352 e. The molecule has 0 spiro atoms. The first kappa shape index (κ1) is 14.5. The van der Waals surface area contributed by atoms with Gasteiger partial charge in [0.15, 0.2) is 0 Å². The van der Waals surface area contributed by atoms with Crippen molar-refractivity contribution in [3.63, 3.8) is 0 Å². The van der Waals surface area contributed by atoms with Gasteiger partial charge in [-0.25, -0.2) is 4.98 Å². The molecular weight excluding hydrogens is 246 g/mol. The fourth-order valence-corrected chi connectivity index (χ4v) is 2.40. The summed E-state index contributed by atoms with van der Waals surface area (Å²) in [5.74, 6) is 1.08. The Kier molecular flexibility index (Phi) is 5.13. The number of hydrogen-bond acceptors (Lipinski definition) is 3. The summed E-state index contributed by atoms with van der Waals surface area (Å²) in [6, 6.07) is 12.8. The van der Waals surface area contributed by atoms with Gasteiger partial charge >= 0.3 is 0 Å². The van der Waals surface area contributed by atoms with Crippen LogP contribution in [0.25, 0.3) is 0 Å². The second-order valence-electron chi connectivity index (χ2n) is 5.01. The Balaban J connectivity index is 2.19. The normalized spacial score (nSPS) is 10.6. The average molecular weight is 269 g/mol. The summed E-state index contributed by atoms with van der Waals surface area (Å²) in [5.41, 5.74) is 3.77. The number of nitrogens with zero attached hydrogens (tertiary/aromatic N) is 2. The molecule has 0 bridgehead atoms. The number of nitrogens with one attached hydrogen (secondary N) is 1. The van der Waals surface area contributed by atoms with E-state index < -0.39 is 0 Å². The van der Waals surface area contributed by atoms with Crippen LogP contribution < -0.4 is 10.2 Å². The van der Waals surface area contributed by atoms with Gasteiger partial charge in [-0.3, -0.25) is 0 Å². The van der Waals surface area contributed by atoms with E-state index in [0.29, 0.717) is 0 Å². The predicted octanol–water partition coefficient (Wildman–Crippen LogP) is 3.14. The third kappa shape index (κ3) is 3.58. The number of anilines is 1. The Morgan fingerprint density at radius 3 is 2.50 bits per heavy atom. The molecule has 0 saturated heterocycles. The Bertz CT molecular complexity index is 537. The minimum absolute atomic E-state index is 0.860. The lowest BCUT2D eigenvalue weighted by atomic mass is 10.1. The van der Waals surface area contributed by atoms with E-state index in [1.807, 2.05) is 13.2 Å². The number of aromatic nitrogens is 1. The lowest BCUT2D eigenvalue weighted by Crippen LogP contribution is -2.24. The summed E-state index contributed by atoms with van der Waals surface area (Å²) >= 11 is 0. The van der Waals surface area contributed by atoms with Gasteiger partial charge in [0.25, 0.3) is 0 Å². The first-order chi connectivity index (χ1) is 9.74. The van der Waals surface area contributed by atoms with Crippen LogP contribution in [0.1, 0.15) is 23.6 Å². The highest BCUT2D eigenvalue weighted by atomic mass is 15.2. The van der Waals surface area contributed by atoms with Gasteiger partial charge in [0.1, 0.15) is 5.82 Å². The van der Waals surface area contributed by atoms with E-state index in [1.54, 1.807) is 0 Å². The molecular formula is C17H23N3. The van der Waals surface area contributed by atoms with Crippen LogP contribution in [-0.4, -0.2) is 18.6 Å². The van der Waals surface area contributed by atoms with Crippen molar-refractivity contribution in [3.8, 4) is 0 Å². The van der Waals surface area contributed by atoms with Crippen molar-refractivity contribution >= 4 is 5.82 Å². The van der Waals surface area contributed by atoms with E-state index in [4.69, 9.17) is 0 Å². The van der Waals surface area contributed by atoms with Gasteiger partial charge in [0.05, 0.1) is 0 Å². The third-order valence-electron chi connectivity index (χ3n) is 3.39. The molecule has 0 amide bonds. The van der Waals surface area contributed by atoms with Crippen molar-refractivity contribution < 1.29 is 0 Å². The molecule has 106 valence electrons. The molecule has 0 aliphatic rings. The summed E-state index contributed by atoms with van der Waals surface area (Å²) in [6.45, 7) is 7.02. The van der Waals surface area contributed by atoms with Crippen LogP contribution in [0.3, 0.4) is 0 Å². The minimum Gasteiger partial charge on any atom is -0.352 e. The van der Waals surface area contributed by atoms with E-state index in [-0.39, 0.29) is 0 Å². The Morgan fingerprint density at radius 1 is 1.15 bits per heavy atom. The lowest BCUT2D eigenvalue weighted by Gasteiger charge is -2.24. The molecule has 0 radical (unpaired) electrons. The Labute approximate surface area is 121 Å². The minimum atomic E-state index is 0.860. The molecule has 0 atom stereocenters. The summed E-state index contributed by atoms with van der Waals surface area (Å²) in [6.07, 6.45) is 1.96. The highest BCUT2D eigenvalue weighted by Crippen LogP contribution is 2.20. The molecule has 1 N–H and O–H groups in total. The van der Waals surface area contributed by atoms with Crippen LogP contribution in [-0.2, 0) is 13.1 Å². The van der Waals surface area contributed by atoms with Crippen molar-refractivity contribution in [2.24, 2.45) is 0 Å². The van der Waals surface area contributed by atoms with Crippen LogP contribution in [0, 0.1) is 6.92 Å². The molecule has 0 fully saturated rings. The van der Waals surface area contributed by atoms with Gasteiger partial charge in [-0.2, -0.15) is 0 Å². The van der Waals surface area contributed by atoms with E-state index in [9.17, 15) is 0 Å². The fraction of sp³-hybridized carbons (Fsp3) is 0.353. The third-order valence-corrected chi connectivity index (χ3v) is 3.39. The second kappa shape index (κ2) is 7.06. The van der Waals surface area contributed by atoms with Gasteiger partial charge in [0.2, 0.25) is 0 Å². The molecule has 1 aromatic heterocycles. The molecule has 2 aromatic rings. The van der Waals surface area contributed by atoms with Gasteiger partial charge in [-0.15, -0.1) is 0 Å². The van der Waals surface area contributed by atoms with Crippen molar-refractivity contribution in [2.45, 2.75) is 26.9 Å². The number of rotatable bonds is 6. The number of aryl methyl sites for hydroxylation is 1. The zero-order valence-corrected chi connectivity index (χ0v) is 12.6. The molecule has 0 unspecified atom stereocenters. The molecule has 1 aromatic carbocycles. The zero-order valence-electron chi connectivity index (χ0n) is 12.6. The van der Waals surface area contributed by atoms with Crippen molar-refractivity contribution in [2.75, 3.05) is 18.5 Å². The average Bonchev–Trinajstić information content (AvgIpc) is 2.47. The van der Waals surface area contributed by atoms with Crippen LogP contribution >= 0.6 is 0 Å². The molecule has 3 nitrogen and oxygen atoms in total. The van der Waals surface area contributed by atoms with Gasteiger partial charge in [-0.1, -0.05) is 30.3 Å². The first-order valence-electron chi connectivity index (χ1n) is 7.13. The molecule has 2 rings (SSSR count). The van der Waals surface area contributed by atoms with Crippen LogP contribution in [0.4, 0.5) is 5.82 Å². The van der Waals surface area contributed by atoms with Crippen molar-refractivity contribution in [1.29, 1.82) is 0 Å². The first-order valence-corrected chi connectivity index (χ1v) is 7.13. The van der Waals surface area contributed by atoms with Gasteiger partial charge < -0.3 is 10.2 Å². The standard InChI is InChI=1S/C17H23N3/c1-4-20(13-15-8-6-5-7-9-15)17-14(2)10-16(11-18-3)12-19-17/h5-10,12,18H,4,11,13H2,1-3H3. The van der Waals surface area contributed by atoms with Crippen LogP contribution in [0.5, 0.6) is 0 Å².